The van der Waals surface area contributed by atoms with Gasteiger partial charge in [-0.2, -0.15) is 0 Å². The molecule has 3 N–H and O–H groups in total. The summed E-state index contributed by atoms with van der Waals surface area (Å²) >= 11 is 0. The molecule has 9 heteroatoms. The van der Waals surface area contributed by atoms with Gasteiger partial charge in [0.25, 0.3) is 5.88 Å². The van der Waals surface area contributed by atoms with Crippen LogP contribution in [0.25, 0.3) is 0 Å². The van der Waals surface area contributed by atoms with Crippen molar-refractivity contribution >= 4 is 17.3 Å². The summed E-state index contributed by atoms with van der Waals surface area (Å²) in [5.41, 5.74) is 7.29. The first-order valence-electron chi connectivity index (χ1n) is 9.02. The van der Waals surface area contributed by atoms with Crippen molar-refractivity contribution < 1.29 is 18.8 Å². The molecule has 0 radical (unpaired) electrons. The average Bonchev–Trinajstić information content (AvgIpc) is 2.72. The number of hydrogen-bond acceptors (Lipinski definition) is 6. The van der Waals surface area contributed by atoms with Gasteiger partial charge in [-0.1, -0.05) is 18.2 Å². The van der Waals surface area contributed by atoms with Gasteiger partial charge >= 0.3 is 5.69 Å². The molecule has 154 valence electrons. The molecule has 0 saturated heterocycles. The summed E-state index contributed by atoms with van der Waals surface area (Å²) in [5.74, 6) is -0.613. The molecule has 0 unspecified atom stereocenters. The Hall–Kier alpha value is -3.85. The van der Waals surface area contributed by atoms with E-state index in [0.717, 1.165) is 5.56 Å². The first-order chi connectivity index (χ1) is 14.3. The van der Waals surface area contributed by atoms with E-state index in [1.165, 1.54) is 24.4 Å². The van der Waals surface area contributed by atoms with Crippen LogP contribution in [-0.2, 0) is 11.2 Å². The molecule has 1 aromatic heterocycles. The van der Waals surface area contributed by atoms with Gasteiger partial charge in [-0.15, -0.1) is 0 Å². The van der Waals surface area contributed by atoms with E-state index in [0.29, 0.717) is 17.0 Å². The second-order valence-corrected chi connectivity index (χ2v) is 6.59. The first-order valence-corrected chi connectivity index (χ1v) is 9.02. The summed E-state index contributed by atoms with van der Waals surface area (Å²) in [4.78, 5) is 26.6. The van der Waals surface area contributed by atoms with Crippen molar-refractivity contribution in [1.82, 2.24) is 4.98 Å². The van der Waals surface area contributed by atoms with Crippen molar-refractivity contribution in [3.63, 3.8) is 0 Å². The molecule has 0 aliphatic heterocycles. The Bertz CT molecular complexity index is 1070. The monoisotopic (exact) mass is 410 g/mol. The van der Waals surface area contributed by atoms with Crippen LogP contribution in [0.15, 0.2) is 60.8 Å². The second kappa shape index (κ2) is 9.10. The fourth-order valence-electron chi connectivity index (χ4n) is 2.66. The van der Waals surface area contributed by atoms with Crippen molar-refractivity contribution in [2.24, 2.45) is 5.73 Å². The van der Waals surface area contributed by atoms with Crippen LogP contribution in [0.4, 0.5) is 15.8 Å². The van der Waals surface area contributed by atoms with Crippen molar-refractivity contribution in [2.75, 3.05) is 5.32 Å². The van der Waals surface area contributed by atoms with Crippen LogP contribution >= 0.6 is 0 Å². The minimum atomic E-state index is -0.849. The summed E-state index contributed by atoms with van der Waals surface area (Å²) < 4.78 is 19.1. The van der Waals surface area contributed by atoms with E-state index in [-0.39, 0.29) is 18.0 Å². The molecular formula is C21H19FN4O4. The van der Waals surface area contributed by atoms with Gasteiger partial charge in [0.15, 0.2) is 0 Å². The molecule has 0 fully saturated rings. The number of benzene rings is 2. The number of nitro groups is 1. The Balaban J connectivity index is 1.61. The highest BCUT2D eigenvalue weighted by atomic mass is 19.1. The van der Waals surface area contributed by atoms with Gasteiger partial charge < -0.3 is 15.8 Å². The molecule has 3 rings (SSSR count). The van der Waals surface area contributed by atoms with E-state index in [1.807, 2.05) is 0 Å². The van der Waals surface area contributed by atoms with Crippen LogP contribution in [0.1, 0.15) is 11.1 Å². The molecule has 0 aliphatic carbocycles. The first kappa shape index (κ1) is 20.9. The smallest absolute Gasteiger partial charge is 0.331 e. The van der Waals surface area contributed by atoms with Crippen LogP contribution in [0, 0.1) is 22.9 Å². The lowest BCUT2D eigenvalue weighted by atomic mass is 10.1. The minimum Gasteiger partial charge on any atom is -0.434 e. The Kier molecular flexibility index (Phi) is 6.33. The van der Waals surface area contributed by atoms with Crippen LogP contribution in [0.3, 0.4) is 0 Å². The van der Waals surface area contributed by atoms with Gasteiger partial charge in [0.1, 0.15) is 11.6 Å². The molecule has 1 heterocycles. The number of halogens is 1. The Morgan fingerprint density at radius 1 is 1.27 bits per heavy atom. The molecule has 0 aliphatic rings. The number of anilines is 1. The SMILES string of the molecule is Cc1ccc(NC(=O)[C@@H](N)Cc2ccc(Oc3ncccc3[N+](=O)[O-])cc2)cc1F. The highest BCUT2D eigenvalue weighted by molar-refractivity contribution is 5.94. The zero-order chi connectivity index (χ0) is 21.7. The number of carbonyl (C=O) groups is 1. The summed E-state index contributed by atoms with van der Waals surface area (Å²) in [5, 5.41) is 13.6. The van der Waals surface area contributed by atoms with E-state index >= 15 is 0 Å². The Morgan fingerprint density at radius 3 is 2.67 bits per heavy atom. The lowest BCUT2D eigenvalue weighted by Crippen LogP contribution is -2.37. The van der Waals surface area contributed by atoms with E-state index in [1.54, 1.807) is 43.3 Å². The van der Waals surface area contributed by atoms with Crippen LogP contribution in [-0.4, -0.2) is 21.9 Å². The second-order valence-electron chi connectivity index (χ2n) is 6.59. The molecule has 0 bridgehead atoms. The van der Waals surface area contributed by atoms with Gasteiger partial charge in [0.05, 0.1) is 11.0 Å². The largest absolute Gasteiger partial charge is 0.434 e. The topological polar surface area (TPSA) is 120 Å². The number of nitrogens with two attached hydrogens (primary N) is 1. The number of nitrogens with zero attached hydrogens (tertiary/aromatic N) is 2. The number of amides is 1. The predicted octanol–water partition coefficient (Wildman–Crippen LogP) is 3.74. The number of rotatable bonds is 7. The number of nitrogens with one attached hydrogen (secondary N) is 1. The molecule has 3 aromatic rings. The molecule has 30 heavy (non-hydrogen) atoms. The number of aromatic nitrogens is 1. The number of pyridine rings is 1. The van der Waals surface area contributed by atoms with Gasteiger partial charge in [0.2, 0.25) is 5.91 Å². The molecule has 0 saturated carbocycles. The summed E-state index contributed by atoms with van der Waals surface area (Å²) in [6.07, 6.45) is 1.64. The maximum absolute atomic E-state index is 13.6. The fourth-order valence-corrected chi connectivity index (χ4v) is 2.66. The van der Waals surface area contributed by atoms with Crippen molar-refractivity contribution in [3.8, 4) is 11.6 Å². The fraction of sp³-hybridized carbons (Fsp3) is 0.143. The summed E-state index contributed by atoms with van der Waals surface area (Å²) in [6.45, 7) is 1.63. The third kappa shape index (κ3) is 5.15. The Labute approximate surface area is 171 Å². The van der Waals surface area contributed by atoms with Gasteiger partial charge in [-0.25, -0.2) is 9.37 Å². The standard InChI is InChI=1S/C21H19FN4O4/c1-13-4-7-15(12-17(13)22)25-20(27)18(23)11-14-5-8-16(9-6-14)30-21-19(26(28)29)3-2-10-24-21/h2-10,12,18H,11,23H2,1H3,(H,25,27)/t18-/m0/s1. The van der Waals surface area contributed by atoms with E-state index < -0.39 is 22.7 Å². The quantitative estimate of drug-likeness (QED) is 0.452. The summed E-state index contributed by atoms with van der Waals surface area (Å²) in [6, 6.07) is 12.9. The number of carbonyl (C=O) groups excluding carboxylic acids is 1. The lowest BCUT2D eigenvalue weighted by molar-refractivity contribution is -0.386. The number of ether oxygens (including phenoxy) is 1. The summed E-state index contributed by atoms with van der Waals surface area (Å²) in [7, 11) is 0. The number of hydrogen-bond donors (Lipinski definition) is 2. The third-order valence-electron chi connectivity index (χ3n) is 4.32. The molecule has 2 aromatic carbocycles. The third-order valence-corrected chi connectivity index (χ3v) is 4.32. The van der Waals surface area contributed by atoms with Crippen molar-refractivity contribution in [3.05, 3.63) is 87.9 Å². The zero-order valence-electron chi connectivity index (χ0n) is 16.0. The predicted molar refractivity (Wildman–Crippen MR) is 109 cm³/mol. The zero-order valence-corrected chi connectivity index (χ0v) is 16.0. The van der Waals surface area contributed by atoms with Crippen molar-refractivity contribution in [2.45, 2.75) is 19.4 Å². The van der Waals surface area contributed by atoms with Gasteiger partial charge in [-0.05, 0) is 54.8 Å². The molecule has 8 nitrogen and oxygen atoms in total. The van der Waals surface area contributed by atoms with Crippen LogP contribution in [0.5, 0.6) is 11.6 Å². The van der Waals surface area contributed by atoms with Gasteiger partial charge in [-0.3, -0.25) is 14.9 Å². The molecule has 0 spiro atoms. The van der Waals surface area contributed by atoms with Crippen molar-refractivity contribution in [1.29, 1.82) is 0 Å². The van der Waals surface area contributed by atoms with Crippen LogP contribution in [0.2, 0.25) is 0 Å². The normalized spacial score (nSPS) is 11.6. The highest BCUT2D eigenvalue weighted by Gasteiger charge is 2.17. The molecule has 1 atom stereocenters. The number of aryl methyl sites for hydroxylation is 1. The van der Waals surface area contributed by atoms with E-state index in [9.17, 15) is 19.3 Å². The van der Waals surface area contributed by atoms with E-state index in [2.05, 4.69) is 10.3 Å². The maximum atomic E-state index is 13.6. The maximum Gasteiger partial charge on any atom is 0.331 e. The highest BCUT2D eigenvalue weighted by Crippen LogP contribution is 2.28. The Morgan fingerprint density at radius 2 is 2.00 bits per heavy atom. The average molecular weight is 410 g/mol. The van der Waals surface area contributed by atoms with E-state index in [4.69, 9.17) is 10.5 Å². The lowest BCUT2D eigenvalue weighted by Gasteiger charge is -2.13. The van der Waals surface area contributed by atoms with Gasteiger partial charge in [0, 0.05) is 18.0 Å². The molecular weight excluding hydrogens is 391 g/mol. The molecule has 1 amide bonds. The van der Waals surface area contributed by atoms with Crippen LogP contribution < -0.4 is 15.8 Å². The minimum absolute atomic E-state index is 0.114.